The van der Waals surface area contributed by atoms with Crippen LogP contribution in [0, 0.1) is 11.3 Å². The first-order valence-corrected chi connectivity index (χ1v) is 8.91. The lowest BCUT2D eigenvalue weighted by molar-refractivity contribution is 0.723. The van der Waals surface area contributed by atoms with Gasteiger partial charge in [-0.05, 0) is 17.7 Å². The molecule has 1 N–H and O–H groups in total. The number of hydrogen-bond acceptors (Lipinski definition) is 4. The normalized spacial score (nSPS) is 10.6. The molecule has 0 radical (unpaired) electrons. The molecule has 5 nitrogen and oxygen atoms in total. The zero-order valence-corrected chi connectivity index (χ0v) is 14.8. The maximum atomic E-state index is 9.22. The van der Waals surface area contributed by atoms with E-state index >= 15 is 0 Å². The van der Waals surface area contributed by atoms with Gasteiger partial charge in [-0.3, -0.25) is 0 Å². The van der Waals surface area contributed by atoms with Gasteiger partial charge in [0.15, 0.2) is 0 Å². The molecule has 0 bridgehead atoms. The van der Waals surface area contributed by atoms with Crippen molar-refractivity contribution in [2.24, 2.45) is 0 Å². The van der Waals surface area contributed by atoms with E-state index in [2.05, 4.69) is 50.2 Å². The summed E-state index contributed by atoms with van der Waals surface area (Å²) in [7, 11) is 0. The van der Waals surface area contributed by atoms with Gasteiger partial charge in [0, 0.05) is 43.0 Å². The summed E-state index contributed by atoms with van der Waals surface area (Å²) in [6.45, 7) is 1.54. The largest absolute Gasteiger partial charge is 0.384 e. The van der Waals surface area contributed by atoms with E-state index in [0.29, 0.717) is 5.69 Å². The van der Waals surface area contributed by atoms with Gasteiger partial charge >= 0.3 is 0 Å². The van der Waals surface area contributed by atoms with Crippen LogP contribution in [-0.4, -0.2) is 21.1 Å². The molecule has 0 fully saturated rings. The fraction of sp³-hybridized carbons (Fsp3) is 0.136. The van der Waals surface area contributed by atoms with Crippen molar-refractivity contribution in [2.75, 3.05) is 11.9 Å². The molecule has 0 aliphatic heterocycles. The molecule has 132 valence electrons. The first kappa shape index (κ1) is 16.8. The molecule has 2 heterocycles. The van der Waals surface area contributed by atoms with Gasteiger partial charge in [-0.15, -0.1) is 0 Å². The Morgan fingerprint density at radius 3 is 2.70 bits per heavy atom. The molecule has 2 aromatic heterocycles. The number of hydrogen-bond donors (Lipinski definition) is 1. The monoisotopic (exact) mass is 353 g/mol. The molecule has 0 saturated heterocycles. The van der Waals surface area contributed by atoms with Crippen LogP contribution in [0.2, 0.25) is 0 Å². The maximum absolute atomic E-state index is 9.22. The summed E-state index contributed by atoms with van der Waals surface area (Å²) >= 11 is 0. The number of para-hydroxylation sites is 1. The van der Waals surface area contributed by atoms with Crippen LogP contribution in [0.15, 0.2) is 73.1 Å². The second kappa shape index (κ2) is 7.71. The highest BCUT2D eigenvalue weighted by atomic mass is 15.1. The number of imidazole rings is 1. The van der Waals surface area contributed by atoms with Gasteiger partial charge in [0.25, 0.3) is 0 Å². The zero-order chi connectivity index (χ0) is 18.5. The van der Waals surface area contributed by atoms with Crippen molar-refractivity contribution >= 4 is 16.6 Å². The maximum Gasteiger partial charge on any atom is 0.143 e. The molecular weight excluding hydrogens is 334 g/mol. The summed E-state index contributed by atoms with van der Waals surface area (Å²) < 4.78 is 2.17. The van der Waals surface area contributed by atoms with E-state index in [1.165, 1.54) is 5.56 Å². The minimum Gasteiger partial charge on any atom is -0.384 e. The highest BCUT2D eigenvalue weighted by molar-refractivity contribution is 5.91. The number of fused-ring (bicyclic) bond motifs is 1. The van der Waals surface area contributed by atoms with Gasteiger partial charge in [0.2, 0.25) is 0 Å². The first-order valence-electron chi connectivity index (χ1n) is 8.91. The third kappa shape index (κ3) is 3.80. The lowest BCUT2D eigenvalue weighted by Crippen LogP contribution is -2.11. The average molecular weight is 353 g/mol. The molecular formula is C22H19N5. The number of nitrogens with zero attached hydrogens (tertiary/aromatic N) is 4. The second-order valence-corrected chi connectivity index (χ2v) is 6.32. The quantitative estimate of drug-likeness (QED) is 0.569. The molecule has 4 aromatic rings. The molecule has 0 aliphatic rings. The third-order valence-corrected chi connectivity index (χ3v) is 4.49. The summed E-state index contributed by atoms with van der Waals surface area (Å²) in [5.41, 5.74) is 3.42. The van der Waals surface area contributed by atoms with Crippen molar-refractivity contribution in [1.29, 1.82) is 5.26 Å². The molecule has 0 spiro atoms. The van der Waals surface area contributed by atoms with Crippen molar-refractivity contribution in [3.63, 3.8) is 0 Å². The minimum absolute atomic E-state index is 0.418. The highest BCUT2D eigenvalue weighted by Gasteiger charge is 2.07. The van der Waals surface area contributed by atoms with E-state index in [-0.39, 0.29) is 0 Å². The molecule has 2 aromatic carbocycles. The molecule has 0 saturated carbocycles. The van der Waals surface area contributed by atoms with Crippen LogP contribution in [-0.2, 0) is 13.0 Å². The Labute approximate surface area is 157 Å². The molecule has 27 heavy (non-hydrogen) atoms. The van der Waals surface area contributed by atoms with Crippen molar-refractivity contribution in [1.82, 2.24) is 14.5 Å². The molecule has 0 aliphatic carbocycles. The van der Waals surface area contributed by atoms with Gasteiger partial charge in [-0.25, -0.2) is 9.97 Å². The molecule has 4 rings (SSSR count). The molecule has 0 amide bonds. The standard InChI is InChI=1S/C22H19N5/c23-15-18-14-21(19-8-4-5-9-20(19)26-18)24-11-10-22-25-12-13-27(22)16-17-6-2-1-3-7-17/h1-9,12-14H,10-11,16H2,(H,24,26). The van der Waals surface area contributed by atoms with Crippen LogP contribution < -0.4 is 5.32 Å². The topological polar surface area (TPSA) is 66.5 Å². The van der Waals surface area contributed by atoms with E-state index < -0.39 is 0 Å². The van der Waals surface area contributed by atoms with Crippen molar-refractivity contribution < 1.29 is 0 Å². The van der Waals surface area contributed by atoms with Crippen LogP contribution in [0.25, 0.3) is 10.9 Å². The molecule has 0 atom stereocenters. The fourth-order valence-electron chi connectivity index (χ4n) is 3.18. The predicted molar refractivity (Wildman–Crippen MR) is 106 cm³/mol. The molecule has 0 unspecified atom stereocenters. The summed E-state index contributed by atoms with van der Waals surface area (Å²) in [5.74, 6) is 1.03. The van der Waals surface area contributed by atoms with E-state index in [1.807, 2.05) is 42.7 Å². The van der Waals surface area contributed by atoms with Gasteiger partial charge in [0.1, 0.15) is 17.6 Å². The number of aromatic nitrogens is 3. The number of nitriles is 1. The second-order valence-electron chi connectivity index (χ2n) is 6.32. The van der Waals surface area contributed by atoms with E-state index in [9.17, 15) is 5.26 Å². The van der Waals surface area contributed by atoms with E-state index in [4.69, 9.17) is 0 Å². The Morgan fingerprint density at radius 2 is 1.85 bits per heavy atom. The van der Waals surface area contributed by atoms with Gasteiger partial charge in [-0.1, -0.05) is 48.5 Å². The Hall–Kier alpha value is -3.65. The summed E-state index contributed by atoms with van der Waals surface area (Å²) in [5, 5.41) is 13.7. The van der Waals surface area contributed by atoms with Crippen molar-refractivity contribution in [3.8, 4) is 6.07 Å². The fourth-order valence-corrected chi connectivity index (χ4v) is 3.18. The lowest BCUT2D eigenvalue weighted by atomic mass is 10.1. The Morgan fingerprint density at radius 1 is 1.04 bits per heavy atom. The van der Waals surface area contributed by atoms with Gasteiger partial charge in [-0.2, -0.15) is 5.26 Å². The summed E-state index contributed by atoms with van der Waals surface area (Å²) in [6.07, 6.45) is 4.64. The van der Waals surface area contributed by atoms with Crippen LogP contribution in [0.5, 0.6) is 0 Å². The number of benzene rings is 2. The Kier molecular flexibility index (Phi) is 4.80. The van der Waals surface area contributed by atoms with Crippen LogP contribution in [0.4, 0.5) is 5.69 Å². The van der Waals surface area contributed by atoms with Crippen molar-refractivity contribution in [3.05, 3.63) is 90.1 Å². The number of nitrogens with one attached hydrogen (secondary N) is 1. The Bertz CT molecular complexity index is 1090. The van der Waals surface area contributed by atoms with Crippen molar-refractivity contribution in [2.45, 2.75) is 13.0 Å². The SMILES string of the molecule is N#Cc1cc(NCCc2nccn2Cc2ccccc2)c2ccccc2n1. The van der Waals surface area contributed by atoms with E-state index in [0.717, 1.165) is 41.9 Å². The lowest BCUT2D eigenvalue weighted by Gasteiger charge is -2.11. The first-order chi connectivity index (χ1) is 13.3. The average Bonchev–Trinajstić information content (AvgIpc) is 3.15. The Balaban J connectivity index is 1.48. The minimum atomic E-state index is 0.418. The predicted octanol–water partition coefficient (Wildman–Crippen LogP) is 4.01. The summed E-state index contributed by atoms with van der Waals surface area (Å²) in [6, 6.07) is 22.2. The van der Waals surface area contributed by atoms with Crippen LogP contribution in [0.1, 0.15) is 17.1 Å². The number of pyridine rings is 1. The van der Waals surface area contributed by atoms with E-state index in [1.54, 1.807) is 6.07 Å². The third-order valence-electron chi connectivity index (χ3n) is 4.49. The van der Waals surface area contributed by atoms with Gasteiger partial charge in [0.05, 0.1) is 5.52 Å². The number of anilines is 1. The zero-order valence-electron chi connectivity index (χ0n) is 14.8. The molecule has 5 heteroatoms. The summed E-state index contributed by atoms with van der Waals surface area (Å²) in [4.78, 5) is 8.85. The van der Waals surface area contributed by atoms with Crippen LogP contribution in [0.3, 0.4) is 0 Å². The van der Waals surface area contributed by atoms with Gasteiger partial charge < -0.3 is 9.88 Å². The highest BCUT2D eigenvalue weighted by Crippen LogP contribution is 2.22. The van der Waals surface area contributed by atoms with Crippen LogP contribution >= 0.6 is 0 Å². The smallest absolute Gasteiger partial charge is 0.143 e. The number of rotatable bonds is 6.